The van der Waals surface area contributed by atoms with Gasteiger partial charge in [0.25, 0.3) is 0 Å². The minimum absolute atomic E-state index is 0.384. The molecule has 0 atom stereocenters. The van der Waals surface area contributed by atoms with Crippen molar-refractivity contribution in [1.82, 2.24) is 4.90 Å². The van der Waals surface area contributed by atoms with Crippen LogP contribution < -0.4 is 5.73 Å². The lowest BCUT2D eigenvalue weighted by Gasteiger charge is -2.48. The van der Waals surface area contributed by atoms with Crippen LogP contribution in [0.15, 0.2) is 0 Å². The summed E-state index contributed by atoms with van der Waals surface area (Å²) in [7, 11) is 0. The third kappa shape index (κ3) is 2.01. The molecule has 2 heterocycles. The average Bonchev–Trinajstić information content (AvgIpc) is 2.32. The maximum atomic E-state index is 5.89. The molecule has 76 valence electrons. The Morgan fingerprint density at radius 2 is 2.00 bits per heavy atom. The van der Waals surface area contributed by atoms with E-state index >= 15 is 0 Å². The Balaban J connectivity index is 1.95. The Morgan fingerprint density at radius 1 is 1.15 bits per heavy atom. The predicted octanol–water partition coefficient (Wildman–Crippen LogP) is 0.870. The molecule has 0 unspecified atom stereocenters. The molecule has 0 bridgehead atoms. The van der Waals surface area contributed by atoms with E-state index in [9.17, 15) is 0 Å². The molecule has 0 aliphatic carbocycles. The Hall–Kier alpha value is 0.620. The Kier molecular flexibility index (Phi) is 3.46. The Labute approximate surface area is 89.0 Å². The van der Waals surface area contributed by atoms with E-state index in [1.807, 2.05) is 11.8 Å². The molecule has 2 aliphatic heterocycles. The van der Waals surface area contributed by atoms with Crippen LogP contribution in [0.4, 0.5) is 0 Å². The van der Waals surface area contributed by atoms with Crippen molar-refractivity contribution in [2.75, 3.05) is 42.6 Å². The van der Waals surface area contributed by atoms with E-state index in [2.05, 4.69) is 16.7 Å². The van der Waals surface area contributed by atoms with Gasteiger partial charge in [-0.25, -0.2) is 0 Å². The smallest absolute Gasteiger partial charge is 0.0512 e. The van der Waals surface area contributed by atoms with Gasteiger partial charge in [-0.2, -0.15) is 23.5 Å². The fourth-order valence-corrected chi connectivity index (χ4v) is 4.15. The second-order valence-electron chi connectivity index (χ2n) is 3.87. The van der Waals surface area contributed by atoms with Crippen LogP contribution >= 0.6 is 23.5 Å². The monoisotopic (exact) mass is 218 g/mol. The van der Waals surface area contributed by atoms with Gasteiger partial charge < -0.3 is 5.73 Å². The van der Waals surface area contributed by atoms with E-state index in [1.54, 1.807) is 0 Å². The molecule has 2 N–H and O–H groups in total. The summed E-state index contributed by atoms with van der Waals surface area (Å²) >= 11 is 4.13. The van der Waals surface area contributed by atoms with Crippen LogP contribution in [-0.2, 0) is 0 Å². The van der Waals surface area contributed by atoms with Crippen molar-refractivity contribution in [2.45, 2.75) is 12.0 Å². The zero-order valence-electron chi connectivity index (χ0n) is 8.00. The standard InChI is InChI=1S/C9H18N2S2/c10-6-9(7-13-8-9)11-2-1-4-12-5-3-11/h1-8,10H2. The number of hydrogen-bond donors (Lipinski definition) is 1. The lowest BCUT2D eigenvalue weighted by atomic mass is 10.0. The minimum Gasteiger partial charge on any atom is -0.329 e. The minimum atomic E-state index is 0.384. The van der Waals surface area contributed by atoms with Gasteiger partial charge in [-0.3, -0.25) is 4.90 Å². The first-order valence-electron chi connectivity index (χ1n) is 4.98. The number of thioether (sulfide) groups is 2. The summed E-state index contributed by atoms with van der Waals surface area (Å²) in [5.74, 6) is 5.15. The quantitative estimate of drug-likeness (QED) is 0.745. The highest BCUT2D eigenvalue weighted by Gasteiger charge is 2.41. The van der Waals surface area contributed by atoms with Gasteiger partial charge in [0.05, 0.1) is 5.54 Å². The Morgan fingerprint density at radius 3 is 2.62 bits per heavy atom. The van der Waals surface area contributed by atoms with Gasteiger partial charge in [-0.15, -0.1) is 0 Å². The van der Waals surface area contributed by atoms with Crippen LogP contribution in [0.2, 0.25) is 0 Å². The fraction of sp³-hybridized carbons (Fsp3) is 1.00. The van der Waals surface area contributed by atoms with E-state index in [0.717, 1.165) is 6.54 Å². The normalized spacial score (nSPS) is 29.3. The molecule has 2 rings (SSSR count). The van der Waals surface area contributed by atoms with Crippen LogP contribution in [0.25, 0.3) is 0 Å². The van der Waals surface area contributed by atoms with Gasteiger partial charge in [-0.1, -0.05) is 0 Å². The van der Waals surface area contributed by atoms with E-state index in [1.165, 1.54) is 42.5 Å². The molecular formula is C9H18N2S2. The molecule has 2 fully saturated rings. The summed E-state index contributed by atoms with van der Waals surface area (Å²) in [5, 5.41) is 0. The molecule has 2 saturated heterocycles. The maximum absolute atomic E-state index is 5.89. The highest BCUT2D eigenvalue weighted by atomic mass is 32.2. The van der Waals surface area contributed by atoms with Crippen molar-refractivity contribution >= 4 is 23.5 Å². The number of rotatable bonds is 2. The lowest BCUT2D eigenvalue weighted by Crippen LogP contribution is -2.63. The molecular weight excluding hydrogens is 200 g/mol. The van der Waals surface area contributed by atoms with Crippen LogP contribution in [0.3, 0.4) is 0 Å². The van der Waals surface area contributed by atoms with Crippen molar-refractivity contribution in [3.8, 4) is 0 Å². The summed E-state index contributed by atoms with van der Waals surface area (Å²) < 4.78 is 0. The number of hydrogen-bond acceptors (Lipinski definition) is 4. The first-order chi connectivity index (χ1) is 6.37. The molecule has 2 aliphatic rings. The molecule has 0 aromatic rings. The SMILES string of the molecule is NCC1(N2CCCSCC2)CSC1. The lowest BCUT2D eigenvalue weighted by molar-refractivity contribution is 0.137. The highest BCUT2D eigenvalue weighted by molar-refractivity contribution is 8.00. The Bertz CT molecular complexity index is 157. The molecule has 0 aromatic carbocycles. The van der Waals surface area contributed by atoms with Gasteiger partial charge in [0.15, 0.2) is 0 Å². The van der Waals surface area contributed by atoms with Crippen molar-refractivity contribution in [3.63, 3.8) is 0 Å². The first-order valence-corrected chi connectivity index (χ1v) is 7.29. The van der Waals surface area contributed by atoms with E-state index in [0.29, 0.717) is 5.54 Å². The topological polar surface area (TPSA) is 29.3 Å². The first kappa shape index (κ1) is 10.1. The van der Waals surface area contributed by atoms with E-state index < -0.39 is 0 Å². The molecule has 2 nitrogen and oxygen atoms in total. The summed E-state index contributed by atoms with van der Waals surface area (Å²) in [6, 6.07) is 0. The molecule has 0 aromatic heterocycles. The van der Waals surface area contributed by atoms with E-state index in [-0.39, 0.29) is 0 Å². The largest absolute Gasteiger partial charge is 0.329 e. The van der Waals surface area contributed by atoms with Gasteiger partial charge in [-0.05, 0) is 18.7 Å². The second kappa shape index (κ2) is 4.43. The molecule has 0 spiro atoms. The summed E-state index contributed by atoms with van der Waals surface area (Å²) in [6.45, 7) is 3.37. The number of nitrogens with zero attached hydrogens (tertiary/aromatic N) is 1. The van der Waals surface area contributed by atoms with Crippen LogP contribution in [0.1, 0.15) is 6.42 Å². The van der Waals surface area contributed by atoms with Crippen molar-refractivity contribution in [2.24, 2.45) is 5.73 Å². The zero-order chi connectivity index (χ0) is 9.15. The summed E-state index contributed by atoms with van der Waals surface area (Å²) in [5.41, 5.74) is 6.27. The molecule has 0 amide bonds. The number of nitrogens with two attached hydrogens (primary N) is 1. The fourth-order valence-electron chi connectivity index (χ4n) is 1.99. The van der Waals surface area contributed by atoms with Crippen LogP contribution in [-0.4, -0.2) is 53.1 Å². The van der Waals surface area contributed by atoms with Gasteiger partial charge >= 0.3 is 0 Å². The highest BCUT2D eigenvalue weighted by Crippen LogP contribution is 2.35. The maximum Gasteiger partial charge on any atom is 0.0512 e. The molecule has 0 saturated carbocycles. The summed E-state index contributed by atoms with van der Waals surface area (Å²) in [4.78, 5) is 2.64. The van der Waals surface area contributed by atoms with Crippen molar-refractivity contribution < 1.29 is 0 Å². The molecule has 0 radical (unpaired) electrons. The second-order valence-corrected chi connectivity index (χ2v) is 6.08. The molecule has 13 heavy (non-hydrogen) atoms. The van der Waals surface area contributed by atoms with E-state index in [4.69, 9.17) is 5.73 Å². The van der Waals surface area contributed by atoms with Crippen molar-refractivity contribution in [1.29, 1.82) is 0 Å². The average molecular weight is 218 g/mol. The third-order valence-electron chi connectivity index (χ3n) is 3.01. The van der Waals surface area contributed by atoms with Crippen LogP contribution in [0.5, 0.6) is 0 Å². The predicted molar refractivity (Wildman–Crippen MR) is 62.6 cm³/mol. The third-order valence-corrected chi connectivity index (χ3v) is 5.55. The zero-order valence-corrected chi connectivity index (χ0v) is 9.63. The summed E-state index contributed by atoms with van der Waals surface area (Å²) in [6.07, 6.45) is 1.34. The van der Waals surface area contributed by atoms with Crippen LogP contribution in [0, 0.1) is 0 Å². The van der Waals surface area contributed by atoms with Gasteiger partial charge in [0.2, 0.25) is 0 Å². The van der Waals surface area contributed by atoms with Gasteiger partial charge in [0.1, 0.15) is 0 Å². The van der Waals surface area contributed by atoms with Crippen molar-refractivity contribution in [3.05, 3.63) is 0 Å². The molecule has 4 heteroatoms. The van der Waals surface area contributed by atoms with Gasteiger partial charge in [0, 0.05) is 30.3 Å².